The summed E-state index contributed by atoms with van der Waals surface area (Å²) in [6, 6.07) is 10.9. The van der Waals surface area contributed by atoms with Crippen LogP contribution < -0.4 is 4.74 Å². The van der Waals surface area contributed by atoms with E-state index in [1.165, 1.54) is 0 Å². The summed E-state index contributed by atoms with van der Waals surface area (Å²) in [6.07, 6.45) is 1.73. The number of aromatic nitrogens is 1. The summed E-state index contributed by atoms with van der Waals surface area (Å²) in [4.78, 5) is 13.2. The van der Waals surface area contributed by atoms with E-state index in [9.17, 15) is 4.79 Å². The van der Waals surface area contributed by atoms with E-state index in [1.54, 1.807) is 41.7 Å². The lowest BCUT2D eigenvalue weighted by atomic mass is 10.1. The molecule has 25 heavy (non-hydrogen) atoms. The molecule has 5 nitrogen and oxygen atoms in total. The van der Waals surface area contributed by atoms with Crippen LogP contribution >= 0.6 is 22.9 Å². The van der Waals surface area contributed by atoms with Gasteiger partial charge in [0.05, 0.1) is 10.5 Å². The lowest BCUT2D eigenvalue weighted by molar-refractivity contribution is -0.140. The van der Waals surface area contributed by atoms with Crippen LogP contribution in [0.2, 0.25) is 5.02 Å². The average Bonchev–Trinajstić information content (AvgIpc) is 3.30. The van der Waals surface area contributed by atoms with Crippen LogP contribution in [0.4, 0.5) is 0 Å². The highest BCUT2D eigenvalue weighted by Crippen LogP contribution is 2.29. The van der Waals surface area contributed by atoms with E-state index < -0.39 is 5.97 Å². The van der Waals surface area contributed by atoms with E-state index in [1.807, 2.05) is 17.5 Å². The van der Waals surface area contributed by atoms with E-state index in [0.29, 0.717) is 27.8 Å². The molecule has 7 heteroatoms. The van der Waals surface area contributed by atoms with Gasteiger partial charge in [0.15, 0.2) is 5.76 Å². The minimum atomic E-state index is -0.453. The van der Waals surface area contributed by atoms with Gasteiger partial charge in [0.25, 0.3) is 0 Å². The van der Waals surface area contributed by atoms with Crippen LogP contribution in [0.3, 0.4) is 0 Å². The summed E-state index contributed by atoms with van der Waals surface area (Å²) in [5.74, 6) is 0.897. The number of benzene rings is 1. The smallest absolute Gasteiger partial charge is 0.337 e. The molecule has 3 heterocycles. The molecule has 3 aromatic rings. The van der Waals surface area contributed by atoms with E-state index in [4.69, 9.17) is 25.6 Å². The lowest BCUT2D eigenvalue weighted by Gasteiger charge is -2.17. The Bertz CT molecular complexity index is 946. The molecule has 126 valence electrons. The van der Waals surface area contributed by atoms with Gasteiger partial charge in [0, 0.05) is 16.7 Å². The Balaban J connectivity index is 1.43. The van der Waals surface area contributed by atoms with Gasteiger partial charge in [0.1, 0.15) is 24.7 Å². The lowest BCUT2D eigenvalue weighted by Crippen LogP contribution is -2.17. The third-order valence-corrected chi connectivity index (χ3v) is 4.74. The zero-order valence-electron chi connectivity index (χ0n) is 12.9. The number of rotatable bonds is 4. The van der Waals surface area contributed by atoms with Gasteiger partial charge in [0.2, 0.25) is 0 Å². The zero-order valence-corrected chi connectivity index (χ0v) is 14.5. The number of halogens is 1. The number of esters is 1. The minimum absolute atomic E-state index is 0.0352. The van der Waals surface area contributed by atoms with Crippen molar-refractivity contribution in [1.29, 1.82) is 0 Å². The molecule has 0 N–H and O–H groups in total. The van der Waals surface area contributed by atoms with Gasteiger partial charge in [-0.1, -0.05) is 22.8 Å². The number of fused-ring (bicyclic) bond motifs is 1. The van der Waals surface area contributed by atoms with Crippen molar-refractivity contribution in [2.24, 2.45) is 0 Å². The number of carbonyl (C=O) groups excluding carboxylic acids is 1. The maximum absolute atomic E-state index is 12.2. The molecule has 0 bridgehead atoms. The summed E-state index contributed by atoms with van der Waals surface area (Å²) in [5, 5.41) is 6.46. The number of thiophene rings is 1. The Hall–Kier alpha value is -2.57. The van der Waals surface area contributed by atoms with E-state index in [0.717, 1.165) is 10.4 Å². The average molecular weight is 374 g/mol. The first-order chi connectivity index (χ1) is 12.2. The zero-order chi connectivity index (χ0) is 17.2. The largest absolute Gasteiger partial charge is 0.488 e. The highest BCUT2D eigenvalue weighted by atomic mass is 35.5. The van der Waals surface area contributed by atoms with Gasteiger partial charge < -0.3 is 14.0 Å². The molecule has 0 fully saturated rings. The molecule has 0 aliphatic carbocycles. The van der Waals surface area contributed by atoms with Crippen LogP contribution in [0.1, 0.15) is 11.3 Å². The topological polar surface area (TPSA) is 61.6 Å². The first-order valence-electron chi connectivity index (χ1n) is 7.48. The van der Waals surface area contributed by atoms with Crippen LogP contribution in [-0.4, -0.2) is 17.7 Å². The van der Waals surface area contributed by atoms with Crippen molar-refractivity contribution in [3.8, 4) is 16.4 Å². The molecule has 0 amide bonds. The second-order valence-electron chi connectivity index (χ2n) is 5.38. The van der Waals surface area contributed by atoms with Gasteiger partial charge in [-0.3, -0.25) is 0 Å². The minimum Gasteiger partial charge on any atom is -0.488 e. The summed E-state index contributed by atoms with van der Waals surface area (Å²) in [5.41, 5.74) is 1.74. The SMILES string of the molecule is O=C(OCc1cc(-c2cccs2)on1)C1=Cc2cc(Cl)ccc2OC1. The molecule has 0 saturated carbocycles. The summed E-state index contributed by atoms with van der Waals surface area (Å²) in [6.45, 7) is 0.195. The molecule has 0 saturated heterocycles. The van der Waals surface area contributed by atoms with Crippen molar-refractivity contribution >= 4 is 35.0 Å². The number of nitrogens with zero attached hydrogens (tertiary/aromatic N) is 1. The van der Waals surface area contributed by atoms with Crippen LogP contribution in [0.25, 0.3) is 16.7 Å². The number of ether oxygens (including phenoxy) is 2. The standard InChI is InChI=1S/C18H12ClNO4S/c19-13-3-4-15-11(7-13)6-12(9-22-15)18(21)23-10-14-8-16(24-20-14)17-2-1-5-25-17/h1-8H,9-10H2. The van der Waals surface area contributed by atoms with Gasteiger partial charge in [-0.25, -0.2) is 4.79 Å². The molecule has 0 atom stereocenters. The fourth-order valence-electron chi connectivity index (χ4n) is 2.41. The molecule has 0 spiro atoms. The van der Waals surface area contributed by atoms with Crippen molar-refractivity contribution in [1.82, 2.24) is 5.16 Å². The molecule has 1 aliphatic heterocycles. The van der Waals surface area contributed by atoms with Crippen molar-refractivity contribution in [2.45, 2.75) is 6.61 Å². The molecule has 0 radical (unpaired) electrons. The second kappa shape index (κ2) is 6.74. The second-order valence-corrected chi connectivity index (χ2v) is 6.76. The summed E-state index contributed by atoms with van der Waals surface area (Å²) < 4.78 is 16.1. The quantitative estimate of drug-likeness (QED) is 0.626. The van der Waals surface area contributed by atoms with Crippen LogP contribution in [0.15, 0.2) is 51.9 Å². The van der Waals surface area contributed by atoms with Crippen LogP contribution in [0, 0.1) is 0 Å². The Labute approximate surface area is 152 Å². The number of hydrogen-bond donors (Lipinski definition) is 0. The van der Waals surface area contributed by atoms with Crippen molar-refractivity contribution in [3.63, 3.8) is 0 Å². The Morgan fingerprint density at radius 1 is 1.32 bits per heavy atom. The summed E-state index contributed by atoms with van der Waals surface area (Å²) >= 11 is 7.52. The Morgan fingerprint density at radius 2 is 2.24 bits per heavy atom. The Kier molecular flexibility index (Phi) is 4.29. The van der Waals surface area contributed by atoms with Gasteiger partial charge in [-0.2, -0.15) is 0 Å². The monoisotopic (exact) mass is 373 g/mol. The van der Waals surface area contributed by atoms with E-state index in [-0.39, 0.29) is 13.2 Å². The molecular weight excluding hydrogens is 362 g/mol. The van der Waals surface area contributed by atoms with Crippen LogP contribution in [0.5, 0.6) is 5.75 Å². The summed E-state index contributed by atoms with van der Waals surface area (Å²) in [7, 11) is 0. The number of hydrogen-bond acceptors (Lipinski definition) is 6. The molecular formula is C18H12ClNO4S. The molecule has 2 aromatic heterocycles. The maximum Gasteiger partial charge on any atom is 0.337 e. The third-order valence-electron chi connectivity index (χ3n) is 3.62. The molecule has 1 aliphatic rings. The molecule has 4 rings (SSSR count). The highest BCUT2D eigenvalue weighted by molar-refractivity contribution is 7.13. The van der Waals surface area contributed by atoms with Crippen LogP contribution in [-0.2, 0) is 16.1 Å². The van der Waals surface area contributed by atoms with Crippen molar-refractivity contribution in [3.05, 3.63) is 63.6 Å². The van der Waals surface area contributed by atoms with E-state index >= 15 is 0 Å². The van der Waals surface area contributed by atoms with Gasteiger partial charge in [-0.05, 0) is 35.7 Å². The fourth-order valence-corrected chi connectivity index (χ4v) is 3.27. The predicted octanol–water partition coefficient (Wildman–Crippen LogP) is 4.58. The molecule has 0 unspecified atom stereocenters. The Morgan fingerprint density at radius 3 is 3.08 bits per heavy atom. The highest BCUT2D eigenvalue weighted by Gasteiger charge is 2.19. The van der Waals surface area contributed by atoms with Crippen molar-refractivity contribution in [2.75, 3.05) is 6.61 Å². The normalized spacial score (nSPS) is 12.9. The van der Waals surface area contributed by atoms with Crippen molar-refractivity contribution < 1.29 is 18.8 Å². The van der Waals surface area contributed by atoms with Gasteiger partial charge >= 0.3 is 5.97 Å². The first kappa shape index (κ1) is 15.9. The fraction of sp³-hybridized carbons (Fsp3) is 0.111. The predicted molar refractivity (Wildman–Crippen MR) is 94.5 cm³/mol. The number of carbonyl (C=O) groups is 1. The maximum atomic E-state index is 12.2. The van der Waals surface area contributed by atoms with Gasteiger partial charge in [-0.15, -0.1) is 11.3 Å². The first-order valence-corrected chi connectivity index (χ1v) is 8.74. The van der Waals surface area contributed by atoms with E-state index in [2.05, 4.69) is 5.16 Å². The molecule has 1 aromatic carbocycles. The third kappa shape index (κ3) is 3.45.